The maximum absolute atomic E-state index is 12.0. The van der Waals surface area contributed by atoms with E-state index >= 15 is 0 Å². The molecule has 3 heterocycles. The molecule has 0 bridgehead atoms. The van der Waals surface area contributed by atoms with E-state index in [-0.39, 0.29) is 6.03 Å². The van der Waals surface area contributed by atoms with Gasteiger partial charge in [-0.15, -0.1) is 0 Å². The second-order valence-corrected chi connectivity index (χ2v) is 6.03. The van der Waals surface area contributed by atoms with Gasteiger partial charge in [0.15, 0.2) is 0 Å². The van der Waals surface area contributed by atoms with Crippen LogP contribution in [-0.4, -0.2) is 63.0 Å². The number of carbonyl (C=O) groups excluding carboxylic acids is 1. The lowest BCUT2D eigenvalue weighted by Crippen LogP contribution is -2.53. The van der Waals surface area contributed by atoms with E-state index < -0.39 is 0 Å². The van der Waals surface area contributed by atoms with Crippen molar-refractivity contribution in [2.45, 2.75) is 19.0 Å². The number of hydrogen-bond acceptors (Lipinski definition) is 5. The van der Waals surface area contributed by atoms with E-state index in [1.165, 1.54) is 0 Å². The van der Waals surface area contributed by atoms with Gasteiger partial charge in [-0.05, 0) is 12.5 Å². The summed E-state index contributed by atoms with van der Waals surface area (Å²) in [6.07, 6.45) is 4.29. The minimum Gasteiger partial charge on any atom is -0.472 e. The molecule has 0 unspecified atom stereocenters. The highest BCUT2D eigenvalue weighted by atomic mass is 16.5. The van der Waals surface area contributed by atoms with Crippen molar-refractivity contribution < 1.29 is 18.7 Å². The van der Waals surface area contributed by atoms with E-state index in [0.29, 0.717) is 25.0 Å². The number of furan rings is 1. The number of hydrogen-bond donors (Lipinski definition) is 2. The summed E-state index contributed by atoms with van der Waals surface area (Å²) in [4.78, 5) is 14.4. The third kappa shape index (κ3) is 4.70. The maximum Gasteiger partial charge on any atom is 0.315 e. The fourth-order valence-corrected chi connectivity index (χ4v) is 3.19. The number of urea groups is 1. The molecule has 2 aliphatic heterocycles. The van der Waals surface area contributed by atoms with Gasteiger partial charge < -0.3 is 24.5 Å². The van der Waals surface area contributed by atoms with E-state index in [0.717, 1.165) is 51.5 Å². The van der Waals surface area contributed by atoms with Crippen molar-refractivity contribution in [3.05, 3.63) is 24.2 Å². The van der Waals surface area contributed by atoms with Gasteiger partial charge in [0.25, 0.3) is 0 Å². The SMILES string of the molecule is O=C(NCc1ccoc1)NC[C@@H]([C@@H]1CCOC1)N1CCOCC1. The summed E-state index contributed by atoms with van der Waals surface area (Å²) in [6.45, 7) is 6.05. The topological polar surface area (TPSA) is 76.0 Å². The van der Waals surface area contributed by atoms with E-state index in [9.17, 15) is 4.79 Å². The van der Waals surface area contributed by atoms with E-state index in [2.05, 4.69) is 15.5 Å². The average molecular weight is 323 g/mol. The van der Waals surface area contributed by atoms with Gasteiger partial charge in [-0.3, -0.25) is 4.90 Å². The van der Waals surface area contributed by atoms with Gasteiger partial charge in [-0.2, -0.15) is 0 Å². The van der Waals surface area contributed by atoms with Gasteiger partial charge in [0.05, 0.1) is 32.3 Å². The van der Waals surface area contributed by atoms with Crippen LogP contribution in [0.3, 0.4) is 0 Å². The number of carbonyl (C=O) groups is 1. The summed E-state index contributed by atoms with van der Waals surface area (Å²) in [5.41, 5.74) is 0.953. The number of ether oxygens (including phenoxy) is 2. The molecule has 2 amide bonds. The van der Waals surface area contributed by atoms with Crippen LogP contribution in [0.15, 0.2) is 23.0 Å². The zero-order valence-electron chi connectivity index (χ0n) is 13.3. The summed E-state index contributed by atoms with van der Waals surface area (Å²) < 4.78 is 16.0. The van der Waals surface area contributed by atoms with E-state index in [1.807, 2.05) is 6.07 Å². The third-order valence-electron chi connectivity index (χ3n) is 4.53. The molecule has 0 aliphatic carbocycles. The second-order valence-electron chi connectivity index (χ2n) is 6.03. The number of morpholine rings is 1. The molecule has 2 N–H and O–H groups in total. The predicted octanol–water partition coefficient (Wildman–Crippen LogP) is 0.816. The molecule has 2 fully saturated rings. The Kier molecular flexibility index (Phi) is 5.90. The Morgan fingerprint density at radius 1 is 1.26 bits per heavy atom. The normalized spacial score (nSPS) is 23.6. The minimum atomic E-state index is -0.150. The van der Waals surface area contributed by atoms with Crippen molar-refractivity contribution in [1.29, 1.82) is 0 Å². The number of nitrogens with zero attached hydrogens (tertiary/aromatic N) is 1. The van der Waals surface area contributed by atoms with Crippen LogP contribution in [0.4, 0.5) is 4.79 Å². The highest BCUT2D eigenvalue weighted by Gasteiger charge is 2.31. The van der Waals surface area contributed by atoms with E-state index in [1.54, 1.807) is 12.5 Å². The highest BCUT2D eigenvalue weighted by Crippen LogP contribution is 2.21. The Bertz CT molecular complexity index is 468. The first-order valence-electron chi connectivity index (χ1n) is 8.25. The molecule has 0 spiro atoms. The van der Waals surface area contributed by atoms with Crippen molar-refractivity contribution in [3.8, 4) is 0 Å². The van der Waals surface area contributed by atoms with Crippen LogP contribution in [0.2, 0.25) is 0 Å². The van der Waals surface area contributed by atoms with Crippen LogP contribution in [0.5, 0.6) is 0 Å². The van der Waals surface area contributed by atoms with Crippen LogP contribution < -0.4 is 10.6 Å². The molecule has 1 aromatic heterocycles. The summed E-state index contributed by atoms with van der Waals surface area (Å²) in [6, 6.07) is 2.00. The van der Waals surface area contributed by atoms with Crippen LogP contribution >= 0.6 is 0 Å². The first-order valence-corrected chi connectivity index (χ1v) is 8.25. The zero-order chi connectivity index (χ0) is 15.9. The van der Waals surface area contributed by atoms with Crippen LogP contribution in [0, 0.1) is 5.92 Å². The Morgan fingerprint density at radius 2 is 2.13 bits per heavy atom. The summed E-state index contributed by atoms with van der Waals surface area (Å²) in [5.74, 6) is 0.474. The third-order valence-corrected chi connectivity index (χ3v) is 4.53. The van der Waals surface area contributed by atoms with Crippen molar-refractivity contribution >= 4 is 6.03 Å². The van der Waals surface area contributed by atoms with Gasteiger partial charge in [-0.1, -0.05) is 0 Å². The molecule has 2 atom stereocenters. The quantitative estimate of drug-likeness (QED) is 0.810. The predicted molar refractivity (Wildman–Crippen MR) is 84.1 cm³/mol. The second kappa shape index (κ2) is 8.33. The number of rotatable bonds is 6. The molecule has 0 aromatic carbocycles. The van der Waals surface area contributed by atoms with Gasteiger partial charge in [-0.25, -0.2) is 4.79 Å². The summed E-state index contributed by atoms with van der Waals surface area (Å²) in [7, 11) is 0. The van der Waals surface area contributed by atoms with E-state index in [4.69, 9.17) is 13.9 Å². The van der Waals surface area contributed by atoms with Crippen molar-refractivity contribution in [2.24, 2.45) is 5.92 Å². The van der Waals surface area contributed by atoms with Gasteiger partial charge in [0.2, 0.25) is 0 Å². The lowest BCUT2D eigenvalue weighted by molar-refractivity contribution is 0.00212. The molecule has 1 aromatic rings. The fourth-order valence-electron chi connectivity index (χ4n) is 3.19. The largest absolute Gasteiger partial charge is 0.472 e. The molecular formula is C16H25N3O4. The molecule has 2 aliphatic rings. The van der Waals surface area contributed by atoms with Crippen LogP contribution in [0.25, 0.3) is 0 Å². The van der Waals surface area contributed by atoms with Crippen molar-refractivity contribution in [3.63, 3.8) is 0 Å². The molecule has 0 radical (unpaired) electrons. The maximum atomic E-state index is 12.0. The molecule has 0 saturated carbocycles. The van der Waals surface area contributed by atoms with Crippen molar-refractivity contribution in [2.75, 3.05) is 46.1 Å². The first-order chi connectivity index (χ1) is 11.3. The Labute approximate surface area is 136 Å². The lowest BCUT2D eigenvalue weighted by atomic mass is 9.97. The molecule has 3 rings (SSSR count). The molecule has 7 heteroatoms. The first kappa shape index (κ1) is 16.3. The van der Waals surface area contributed by atoms with Gasteiger partial charge >= 0.3 is 6.03 Å². The molecular weight excluding hydrogens is 298 g/mol. The van der Waals surface area contributed by atoms with Crippen molar-refractivity contribution in [1.82, 2.24) is 15.5 Å². The molecule has 2 saturated heterocycles. The minimum absolute atomic E-state index is 0.150. The monoisotopic (exact) mass is 323 g/mol. The highest BCUT2D eigenvalue weighted by molar-refractivity contribution is 5.73. The molecule has 128 valence electrons. The standard InChI is InChI=1S/C16H25N3O4/c20-16(17-9-13-1-5-22-11-13)18-10-15(14-2-6-23-12-14)19-3-7-21-8-4-19/h1,5,11,14-15H,2-4,6-10,12H2,(H2,17,18,20)/t14-,15+/m1/s1. The molecule has 23 heavy (non-hydrogen) atoms. The number of amides is 2. The fraction of sp³-hybridized carbons (Fsp3) is 0.688. The zero-order valence-corrected chi connectivity index (χ0v) is 13.3. The average Bonchev–Trinajstić information content (AvgIpc) is 3.28. The summed E-state index contributed by atoms with van der Waals surface area (Å²) >= 11 is 0. The Balaban J connectivity index is 1.47. The summed E-state index contributed by atoms with van der Waals surface area (Å²) in [5, 5.41) is 5.85. The van der Waals surface area contributed by atoms with Crippen LogP contribution in [0.1, 0.15) is 12.0 Å². The van der Waals surface area contributed by atoms with Crippen LogP contribution in [-0.2, 0) is 16.0 Å². The van der Waals surface area contributed by atoms with Gasteiger partial charge in [0.1, 0.15) is 0 Å². The molecule has 7 nitrogen and oxygen atoms in total. The Morgan fingerprint density at radius 3 is 2.83 bits per heavy atom. The lowest BCUT2D eigenvalue weighted by Gasteiger charge is -2.37. The van der Waals surface area contributed by atoms with Gasteiger partial charge in [0, 0.05) is 50.3 Å². The smallest absolute Gasteiger partial charge is 0.315 e. The number of nitrogens with one attached hydrogen (secondary N) is 2. The Hall–Kier alpha value is -1.57.